The first-order valence-corrected chi connectivity index (χ1v) is 7.76. The standard InChI is InChI=1S/C20H14N2O3/c1-25-20(24)17-10-13-6-8-22-19(23)18(13)16-9-12(4-5-15(16)17)14-3-2-7-21-11-14/h2-11H,1H3,(H,22,23). The summed E-state index contributed by atoms with van der Waals surface area (Å²) in [6.45, 7) is 0. The predicted molar refractivity (Wildman–Crippen MR) is 96.6 cm³/mol. The molecule has 2 aromatic carbocycles. The van der Waals surface area contributed by atoms with E-state index >= 15 is 0 Å². The van der Waals surface area contributed by atoms with E-state index in [0.29, 0.717) is 27.1 Å². The fourth-order valence-corrected chi connectivity index (χ4v) is 3.10. The van der Waals surface area contributed by atoms with Crippen LogP contribution in [0.25, 0.3) is 32.7 Å². The average molecular weight is 330 g/mol. The van der Waals surface area contributed by atoms with Crippen LogP contribution in [0.1, 0.15) is 10.4 Å². The van der Waals surface area contributed by atoms with E-state index in [1.807, 2.05) is 30.3 Å². The van der Waals surface area contributed by atoms with Crippen molar-refractivity contribution < 1.29 is 9.53 Å². The molecule has 0 aliphatic rings. The molecule has 5 nitrogen and oxygen atoms in total. The van der Waals surface area contributed by atoms with Crippen molar-refractivity contribution in [3.8, 4) is 11.1 Å². The van der Waals surface area contributed by atoms with E-state index in [1.54, 1.807) is 30.7 Å². The molecule has 4 rings (SSSR count). The lowest BCUT2D eigenvalue weighted by Gasteiger charge is -2.10. The number of benzene rings is 2. The molecule has 0 unspecified atom stereocenters. The van der Waals surface area contributed by atoms with E-state index in [-0.39, 0.29) is 5.56 Å². The molecule has 2 heterocycles. The molecule has 5 heteroatoms. The Morgan fingerprint density at radius 1 is 1.08 bits per heavy atom. The van der Waals surface area contributed by atoms with Crippen molar-refractivity contribution in [1.29, 1.82) is 0 Å². The Kier molecular flexibility index (Phi) is 3.54. The Morgan fingerprint density at radius 2 is 1.96 bits per heavy atom. The van der Waals surface area contributed by atoms with Crippen LogP contribution in [0.3, 0.4) is 0 Å². The van der Waals surface area contributed by atoms with E-state index in [4.69, 9.17) is 4.74 Å². The maximum absolute atomic E-state index is 12.4. The lowest BCUT2D eigenvalue weighted by Crippen LogP contribution is -2.08. The maximum atomic E-state index is 12.4. The van der Waals surface area contributed by atoms with Gasteiger partial charge in [0, 0.05) is 24.2 Å². The monoisotopic (exact) mass is 330 g/mol. The molecule has 0 saturated carbocycles. The molecule has 0 atom stereocenters. The summed E-state index contributed by atoms with van der Waals surface area (Å²) in [7, 11) is 1.35. The van der Waals surface area contributed by atoms with Crippen LogP contribution in [0.4, 0.5) is 0 Å². The minimum absolute atomic E-state index is 0.192. The van der Waals surface area contributed by atoms with Gasteiger partial charge in [-0.25, -0.2) is 4.79 Å². The second-order valence-electron chi connectivity index (χ2n) is 5.69. The number of rotatable bonds is 2. The van der Waals surface area contributed by atoms with Crippen LogP contribution in [0.15, 0.2) is 65.8 Å². The Labute approximate surface area is 142 Å². The molecule has 1 N–H and O–H groups in total. The van der Waals surface area contributed by atoms with Gasteiger partial charge in [0.15, 0.2) is 0 Å². The zero-order valence-corrected chi connectivity index (χ0v) is 13.4. The number of methoxy groups -OCH3 is 1. The van der Waals surface area contributed by atoms with Crippen molar-refractivity contribution in [2.45, 2.75) is 0 Å². The number of ether oxygens (including phenoxy) is 1. The minimum atomic E-state index is -0.429. The van der Waals surface area contributed by atoms with Crippen LogP contribution in [0.5, 0.6) is 0 Å². The molecule has 0 bridgehead atoms. The van der Waals surface area contributed by atoms with Gasteiger partial charge in [-0.3, -0.25) is 9.78 Å². The van der Waals surface area contributed by atoms with Gasteiger partial charge in [-0.1, -0.05) is 18.2 Å². The van der Waals surface area contributed by atoms with Crippen LogP contribution < -0.4 is 5.56 Å². The number of nitrogens with one attached hydrogen (secondary N) is 1. The number of nitrogens with zero attached hydrogens (tertiary/aromatic N) is 1. The highest BCUT2D eigenvalue weighted by Gasteiger charge is 2.15. The van der Waals surface area contributed by atoms with Crippen molar-refractivity contribution in [3.05, 3.63) is 77.0 Å². The summed E-state index contributed by atoms with van der Waals surface area (Å²) in [6.07, 6.45) is 5.04. The summed E-state index contributed by atoms with van der Waals surface area (Å²) in [5, 5.41) is 2.64. The number of H-pyrrole nitrogens is 1. The molecule has 0 aliphatic carbocycles. The maximum Gasteiger partial charge on any atom is 0.338 e. The topological polar surface area (TPSA) is 72.1 Å². The third-order valence-electron chi connectivity index (χ3n) is 4.27. The predicted octanol–water partition coefficient (Wildman–Crippen LogP) is 3.53. The summed E-state index contributed by atoms with van der Waals surface area (Å²) in [6, 6.07) is 12.9. The summed E-state index contributed by atoms with van der Waals surface area (Å²) in [4.78, 5) is 31.4. The first-order chi connectivity index (χ1) is 12.2. The fraction of sp³-hybridized carbons (Fsp3) is 0.0500. The number of hydrogen-bond acceptors (Lipinski definition) is 4. The molecule has 0 aliphatic heterocycles. The minimum Gasteiger partial charge on any atom is -0.465 e. The number of aromatic nitrogens is 2. The molecule has 0 fully saturated rings. The number of carbonyl (C=O) groups excluding carboxylic acids is 1. The molecular weight excluding hydrogens is 316 g/mol. The van der Waals surface area contributed by atoms with Gasteiger partial charge in [0.2, 0.25) is 0 Å². The van der Waals surface area contributed by atoms with Gasteiger partial charge in [0.1, 0.15) is 0 Å². The van der Waals surface area contributed by atoms with Crippen molar-refractivity contribution in [1.82, 2.24) is 9.97 Å². The first-order valence-electron chi connectivity index (χ1n) is 7.76. The quantitative estimate of drug-likeness (QED) is 0.451. The highest BCUT2D eigenvalue weighted by atomic mass is 16.5. The summed E-state index contributed by atoms with van der Waals surface area (Å²) < 4.78 is 4.90. The number of pyridine rings is 2. The SMILES string of the molecule is COC(=O)c1cc2cc[nH]c(=O)c2c2cc(-c3cccnc3)ccc12. The van der Waals surface area contributed by atoms with Crippen LogP contribution in [-0.4, -0.2) is 23.0 Å². The van der Waals surface area contributed by atoms with E-state index in [9.17, 15) is 9.59 Å². The molecule has 122 valence electrons. The van der Waals surface area contributed by atoms with Gasteiger partial charge in [0.05, 0.1) is 18.1 Å². The Morgan fingerprint density at radius 3 is 2.72 bits per heavy atom. The second-order valence-corrected chi connectivity index (χ2v) is 5.69. The lowest BCUT2D eigenvalue weighted by molar-refractivity contribution is 0.0603. The zero-order chi connectivity index (χ0) is 17.4. The number of fused-ring (bicyclic) bond motifs is 3. The van der Waals surface area contributed by atoms with E-state index < -0.39 is 5.97 Å². The van der Waals surface area contributed by atoms with Crippen LogP contribution in [0, 0.1) is 0 Å². The third-order valence-corrected chi connectivity index (χ3v) is 4.27. The van der Waals surface area contributed by atoms with Gasteiger partial charge in [-0.05, 0) is 46.0 Å². The number of esters is 1. The highest BCUT2D eigenvalue weighted by molar-refractivity contribution is 6.16. The number of carbonyl (C=O) groups is 1. The summed E-state index contributed by atoms with van der Waals surface area (Å²) >= 11 is 0. The number of hydrogen-bond donors (Lipinski definition) is 1. The first kappa shape index (κ1) is 15.1. The van der Waals surface area contributed by atoms with Gasteiger partial charge >= 0.3 is 5.97 Å². The normalized spacial score (nSPS) is 10.9. The summed E-state index contributed by atoms with van der Waals surface area (Å²) in [5.41, 5.74) is 2.11. The van der Waals surface area contributed by atoms with Crippen LogP contribution in [-0.2, 0) is 4.74 Å². The molecule has 0 radical (unpaired) electrons. The van der Waals surface area contributed by atoms with Gasteiger partial charge < -0.3 is 9.72 Å². The smallest absolute Gasteiger partial charge is 0.338 e. The van der Waals surface area contributed by atoms with Gasteiger partial charge in [0.25, 0.3) is 5.56 Å². The van der Waals surface area contributed by atoms with Crippen molar-refractivity contribution in [3.63, 3.8) is 0 Å². The van der Waals surface area contributed by atoms with E-state index in [1.165, 1.54) is 7.11 Å². The van der Waals surface area contributed by atoms with Crippen LogP contribution in [0.2, 0.25) is 0 Å². The fourth-order valence-electron chi connectivity index (χ4n) is 3.10. The third kappa shape index (κ3) is 2.46. The number of aromatic amines is 1. The van der Waals surface area contributed by atoms with Crippen molar-refractivity contribution in [2.75, 3.05) is 7.11 Å². The molecule has 2 aromatic heterocycles. The Hall–Kier alpha value is -3.47. The van der Waals surface area contributed by atoms with Crippen molar-refractivity contribution >= 4 is 27.5 Å². The van der Waals surface area contributed by atoms with E-state index in [2.05, 4.69) is 9.97 Å². The zero-order valence-electron chi connectivity index (χ0n) is 13.4. The molecule has 0 spiro atoms. The molecule has 0 saturated heterocycles. The largest absolute Gasteiger partial charge is 0.465 e. The van der Waals surface area contributed by atoms with Gasteiger partial charge in [-0.2, -0.15) is 0 Å². The Balaban J connectivity index is 2.14. The van der Waals surface area contributed by atoms with Crippen molar-refractivity contribution in [2.24, 2.45) is 0 Å². The lowest BCUT2D eigenvalue weighted by atomic mass is 9.95. The second kappa shape index (κ2) is 5.87. The highest BCUT2D eigenvalue weighted by Crippen LogP contribution is 2.31. The van der Waals surface area contributed by atoms with Gasteiger partial charge in [-0.15, -0.1) is 0 Å². The Bertz CT molecular complexity index is 1160. The van der Waals surface area contributed by atoms with E-state index in [0.717, 1.165) is 11.1 Å². The molecule has 0 amide bonds. The summed E-state index contributed by atoms with van der Waals surface area (Å²) in [5.74, 6) is -0.429. The molecule has 4 aromatic rings. The molecule has 25 heavy (non-hydrogen) atoms. The average Bonchev–Trinajstić information content (AvgIpc) is 2.67. The van der Waals surface area contributed by atoms with Crippen LogP contribution >= 0.6 is 0 Å². The molecular formula is C20H14N2O3.